The summed E-state index contributed by atoms with van der Waals surface area (Å²) in [7, 11) is 2.68. The van der Waals surface area contributed by atoms with Crippen molar-refractivity contribution in [3.8, 4) is 11.5 Å². The summed E-state index contributed by atoms with van der Waals surface area (Å²) in [5, 5.41) is 18.1. The van der Waals surface area contributed by atoms with Gasteiger partial charge < -0.3 is 19.7 Å². The van der Waals surface area contributed by atoms with Crippen LogP contribution in [0, 0.1) is 0 Å². The molecule has 7 heteroatoms. The van der Waals surface area contributed by atoms with Crippen LogP contribution < -0.4 is 9.47 Å². The Kier molecular flexibility index (Phi) is 4.68. The molecule has 0 aliphatic heterocycles. The third kappa shape index (κ3) is 2.87. The monoisotopic (exact) mass is 282 g/mol. The van der Waals surface area contributed by atoms with Crippen molar-refractivity contribution in [2.24, 2.45) is 0 Å². The number of methoxy groups -OCH3 is 2. The number of ketones is 1. The predicted octanol–water partition coefficient (Wildman–Crippen LogP) is 1.16. The van der Waals surface area contributed by atoms with Crippen molar-refractivity contribution in [2.75, 3.05) is 14.2 Å². The van der Waals surface area contributed by atoms with Crippen molar-refractivity contribution in [3.63, 3.8) is 0 Å². The van der Waals surface area contributed by atoms with Crippen LogP contribution >= 0.6 is 0 Å². The highest BCUT2D eigenvalue weighted by atomic mass is 16.5. The molecule has 1 aromatic carbocycles. The number of hydrogen-bond donors (Lipinski definition) is 2. The fourth-order valence-corrected chi connectivity index (χ4v) is 1.81. The molecule has 0 spiro atoms. The van der Waals surface area contributed by atoms with Crippen molar-refractivity contribution in [2.45, 2.75) is 12.8 Å². The molecule has 0 aliphatic rings. The lowest BCUT2D eigenvalue weighted by Crippen LogP contribution is -2.23. The van der Waals surface area contributed by atoms with Crippen LogP contribution in [-0.4, -0.2) is 42.2 Å². The summed E-state index contributed by atoms with van der Waals surface area (Å²) in [6.07, 6.45) is 0. The molecule has 0 saturated carbocycles. The van der Waals surface area contributed by atoms with E-state index in [1.165, 1.54) is 33.3 Å². The second kappa shape index (κ2) is 6.05. The van der Waals surface area contributed by atoms with Crippen LogP contribution in [0.2, 0.25) is 0 Å². The van der Waals surface area contributed by atoms with Gasteiger partial charge in [-0.15, -0.1) is 0 Å². The number of carbonyl (C=O) groups is 3. The summed E-state index contributed by atoms with van der Waals surface area (Å²) >= 11 is 0. The van der Waals surface area contributed by atoms with Gasteiger partial charge in [-0.05, 0) is 24.6 Å². The van der Waals surface area contributed by atoms with Crippen LogP contribution in [0.25, 0.3) is 0 Å². The van der Waals surface area contributed by atoms with Gasteiger partial charge in [-0.3, -0.25) is 14.4 Å². The second-order valence-corrected chi connectivity index (χ2v) is 3.96. The summed E-state index contributed by atoms with van der Waals surface area (Å²) in [6, 6.07) is 2.47. The van der Waals surface area contributed by atoms with Crippen molar-refractivity contribution in [1.82, 2.24) is 0 Å². The lowest BCUT2D eigenvalue weighted by Gasteiger charge is -2.16. The lowest BCUT2D eigenvalue weighted by molar-refractivity contribution is -0.150. The molecule has 1 aromatic rings. The quantitative estimate of drug-likeness (QED) is 0.595. The molecule has 0 bridgehead atoms. The highest BCUT2D eigenvalue weighted by Crippen LogP contribution is 2.34. The van der Waals surface area contributed by atoms with Gasteiger partial charge in [0.2, 0.25) is 0 Å². The van der Waals surface area contributed by atoms with Crippen LogP contribution in [0.4, 0.5) is 0 Å². The molecule has 0 atom stereocenters. The second-order valence-electron chi connectivity index (χ2n) is 3.96. The van der Waals surface area contributed by atoms with Crippen molar-refractivity contribution >= 4 is 17.7 Å². The summed E-state index contributed by atoms with van der Waals surface area (Å²) in [4.78, 5) is 33.8. The molecule has 0 heterocycles. The molecular weight excluding hydrogens is 268 g/mol. The van der Waals surface area contributed by atoms with Gasteiger partial charge in [0.15, 0.2) is 23.2 Å². The minimum Gasteiger partial charge on any atom is -0.493 e. The Morgan fingerprint density at radius 1 is 1.00 bits per heavy atom. The zero-order chi connectivity index (χ0) is 15.4. The average molecular weight is 282 g/mol. The molecule has 0 saturated heterocycles. The Morgan fingerprint density at radius 2 is 1.45 bits per heavy atom. The van der Waals surface area contributed by atoms with E-state index in [2.05, 4.69) is 0 Å². The van der Waals surface area contributed by atoms with Gasteiger partial charge in [0.05, 0.1) is 14.2 Å². The normalized spacial score (nSPS) is 10.2. The maximum absolute atomic E-state index is 11.6. The Bertz CT molecular complexity index is 548. The SMILES string of the molecule is COc1cc(C(C)=O)c(C(C(=O)O)C(=O)O)cc1OC. The molecule has 0 amide bonds. The van der Waals surface area contributed by atoms with E-state index in [4.69, 9.17) is 19.7 Å². The Labute approximate surface area is 114 Å². The molecular formula is C13H14O7. The third-order valence-corrected chi connectivity index (χ3v) is 2.74. The van der Waals surface area contributed by atoms with Gasteiger partial charge in [-0.1, -0.05) is 0 Å². The largest absolute Gasteiger partial charge is 0.493 e. The van der Waals surface area contributed by atoms with Gasteiger partial charge in [0.1, 0.15) is 0 Å². The first-order valence-corrected chi connectivity index (χ1v) is 5.56. The maximum Gasteiger partial charge on any atom is 0.322 e. The van der Waals surface area contributed by atoms with Crippen LogP contribution in [-0.2, 0) is 9.59 Å². The first kappa shape index (κ1) is 15.5. The van der Waals surface area contributed by atoms with E-state index in [9.17, 15) is 14.4 Å². The smallest absolute Gasteiger partial charge is 0.322 e. The highest BCUT2D eigenvalue weighted by Gasteiger charge is 2.32. The zero-order valence-electron chi connectivity index (χ0n) is 11.2. The Morgan fingerprint density at radius 3 is 1.80 bits per heavy atom. The number of carboxylic acids is 2. The van der Waals surface area contributed by atoms with E-state index < -0.39 is 23.6 Å². The Hall–Kier alpha value is -2.57. The van der Waals surface area contributed by atoms with Crippen LogP contribution in [0.3, 0.4) is 0 Å². The van der Waals surface area contributed by atoms with Crippen molar-refractivity contribution < 1.29 is 34.1 Å². The molecule has 1 rings (SSSR count). The first-order valence-electron chi connectivity index (χ1n) is 5.56. The standard InChI is InChI=1S/C13H14O7/c1-6(14)7-4-9(19-2)10(20-3)5-8(7)11(12(15)16)13(17)18/h4-5,11H,1-3H3,(H,15,16)(H,17,18). The molecule has 0 unspecified atom stereocenters. The number of Topliss-reactive ketones (excluding diaryl/α,β-unsaturated/α-hetero) is 1. The maximum atomic E-state index is 11.6. The highest BCUT2D eigenvalue weighted by molar-refractivity contribution is 6.04. The van der Waals surface area contributed by atoms with Crippen LogP contribution in [0.5, 0.6) is 11.5 Å². The number of ether oxygens (including phenoxy) is 2. The molecule has 0 aliphatic carbocycles. The molecule has 7 nitrogen and oxygen atoms in total. The fourth-order valence-electron chi connectivity index (χ4n) is 1.81. The first-order chi connectivity index (χ1) is 9.33. The molecule has 108 valence electrons. The number of aliphatic carboxylic acids is 2. The number of hydrogen-bond acceptors (Lipinski definition) is 5. The molecule has 20 heavy (non-hydrogen) atoms. The van der Waals surface area contributed by atoms with Gasteiger partial charge in [0, 0.05) is 5.56 Å². The van der Waals surface area contributed by atoms with E-state index in [-0.39, 0.29) is 22.6 Å². The summed E-state index contributed by atoms with van der Waals surface area (Å²) < 4.78 is 10.0. The van der Waals surface area contributed by atoms with Crippen LogP contribution in [0.1, 0.15) is 28.8 Å². The van der Waals surface area contributed by atoms with E-state index in [1.54, 1.807) is 0 Å². The zero-order valence-corrected chi connectivity index (χ0v) is 11.2. The fraction of sp³-hybridized carbons (Fsp3) is 0.308. The number of rotatable bonds is 6. The Balaban J connectivity index is 3.61. The van der Waals surface area contributed by atoms with Gasteiger partial charge in [-0.2, -0.15) is 0 Å². The van der Waals surface area contributed by atoms with Crippen molar-refractivity contribution in [1.29, 1.82) is 0 Å². The van der Waals surface area contributed by atoms with E-state index >= 15 is 0 Å². The third-order valence-electron chi connectivity index (χ3n) is 2.74. The molecule has 0 fully saturated rings. The molecule has 2 N–H and O–H groups in total. The van der Waals surface area contributed by atoms with Gasteiger partial charge in [-0.25, -0.2) is 0 Å². The van der Waals surface area contributed by atoms with E-state index in [1.807, 2.05) is 0 Å². The number of benzene rings is 1. The van der Waals surface area contributed by atoms with Gasteiger partial charge >= 0.3 is 11.9 Å². The number of carboxylic acid groups (broad SMARTS) is 2. The molecule has 0 radical (unpaired) electrons. The minimum atomic E-state index is -1.85. The average Bonchev–Trinajstić information content (AvgIpc) is 2.36. The number of carbonyl (C=O) groups excluding carboxylic acids is 1. The van der Waals surface area contributed by atoms with Crippen molar-refractivity contribution in [3.05, 3.63) is 23.3 Å². The topological polar surface area (TPSA) is 110 Å². The van der Waals surface area contributed by atoms with E-state index in [0.717, 1.165) is 0 Å². The minimum absolute atomic E-state index is 0.0301. The summed E-state index contributed by atoms with van der Waals surface area (Å²) in [6.45, 7) is 1.21. The summed E-state index contributed by atoms with van der Waals surface area (Å²) in [5.74, 6) is -5.07. The predicted molar refractivity (Wildman–Crippen MR) is 67.6 cm³/mol. The van der Waals surface area contributed by atoms with E-state index in [0.29, 0.717) is 0 Å². The summed E-state index contributed by atoms with van der Waals surface area (Å²) in [5.41, 5.74) is -0.174. The molecule has 0 aromatic heterocycles. The lowest BCUT2D eigenvalue weighted by atomic mass is 9.92. The van der Waals surface area contributed by atoms with Gasteiger partial charge in [0.25, 0.3) is 0 Å². The van der Waals surface area contributed by atoms with Crippen LogP contribution in [0.15, 0.2) is 12.1 Å².